The van der Waals surface area contributed by atoms with Crippen LogP contribution in [-0.2, 0) is 26.3 Å². The first-order valence-corrected chi connectivity index (χ1v) is 12.1. The number of phenolic OH excluding ortho intramolecular Hbond substituents is 1. The van der Waals surface area contributed by atoms with E-state index in [0.29, 0.717) is 5.56 Å². The number of carbonyl (C=O) groups excluding carboxylic acids is 4. The maximum Gasteiger partial charge on any atom is 0.338 e. The topological polar surface area (TPSA) is 148 Å². The molecule has 1 heterocycles. The molecule has 0 spiro atoms. The van der Waals surface area contributed by atoms with Crippen LogP contribution in [-0.4, -0.2) is 47.9 Å². The molecule has 0 saturated carbocycles. The Kier molecular flexibility index (Phi) is 6.76. The number of carbonyl (C=O) groups is 4. The molecule has 204 valence electrons. The number of methoxy groups -OCH3 is 2. The number of benzene rings is 2. The number of amides is 1. The third-order valence-corrected chi connectivity index (χ3v) is 7.52. The molecule has 39 heavy (non-hydrogen) atoms. The van der Waals surface area contributed by atoms with Gasteiger partial charge in [-0.1, -0.05) is 0 Å². The van der Waals surface area contributed by atoms with Gasteiger partial charge in [-0.2, -0.15) is 0 Å². The highest BCUT2D eigenvalue weighted by Gasteiger charge is 2.55. The van der Waals surface area contributed by atoms with Crippen LogP contribution in [0.2, 0.25) is 0 Å². The summed E-state index contributed by atoms with van der Waals surface area (Å²) in [5.41, 5.74) is 1.37. The van der Waals surface area contributed by atoms with Crippen LogP contribution in [0.15, 0.2) is 35.3 Å². The molecule has 0 fully saturated rings. The van der Waals surface area contributed by atoms with Crippen molar-refractivity contribution >= 4 is 23.4 Å². The first-order valence-electron chi connectivity index (χ1n) is 12.1. The minimum absolute atomic E-state index is 0.00585. The quantitative estimate of drug-likeness (QED) is 0.373. The van der Waals surface area contributed by atoms with Gasteiger partial charge in [0.15, 0.2) is 17.3 Å². The summed E-state index contributed by atoms with van der Waals surface area (Å²) in [6.07, 6.45) is 1.14. The number of fused-ring (bicyclic) bond motifs is 3. The summed E-state index contributed by atoms with van der Waals surface area (Å²) in [4.78, 5) is 51.2. The summed E-state index contributed by atoms with van der Waals surface area (Å²) in [5.74, 6) is -3.56. The van der Waals surface area contributed by atoms with E-state index in [1.807, 2.05) is 13.8 Å². The number of Topliss-reactive ketones (excluding diaryl/α,β-unsaturated/α-hetero) is 2. The van der Waals surface area contributed by atoms with Crippen LogP contribution in [0.5, 0.6) is 17.2 Å². The van der Waals surface area contributed by atoms with Crippen LogP contribution < -0.4 is 14.8 Å². The maximum atomic E-state index is 13.6. The number of aliphatic hydroxyl groups is 1. The molecule has 3 N–H and O–H groups in total. The van der Waals surface area contributed by atoms with E-state index in [2.05, 4.69) is 5.32 Å². The molecule has 10 nitrogen and oxygen atoms in total. The average molecular weight is 536 g/mol. The van der Waals surface area contributed by atoms with Crippen molar-refractivity contribution in [3.05, 3.63) is 74.2 Å². The van der Waals surface area contributed by atoms with Gasteiger partial charge < -0.3 is 29.7 Å². The number of aryl methyl sites for hydroxylation is 1. The molecule has 2 aromatic rings. The maximum absolute atomic E-state index is 13.6. The summed E-state index contributed by atoms with van der Waals surface area (Å²) in [7, 11) is 2.63. The minimum atomic E-state index is -1.65. The second kappa shape index (κ2) is 9.61. The van der Waals surface area contributed by atoms with Crippen LogP contribution in [0, 0.1) is 20.8 Å². The van der Waals surface area contributed by atoms with E-state index < -0.39 is 40.2 Å². The summed E-state index contributed by atoms with van der Waals surface area (Å²) in [5, 5.41) is 24.1. The first-order chi connectivity index (χ1) is 18.3. The molecule has 0 bridgehead atoms. The molecule has 0 unspecified atom stereocenters. The largest absolute Gasteiger partial charge is 0.507 e. The van der Waals surface area contributed by atoms with Gasteiger partial charge in [0.1, 0.15) is 39.6 Å². The van der Waals surface area contributed by atoms with Crippen molar-refractivity contribution in [3.63, 3.8) is 0 Å². The fourth-order valence-corrected chi connectivity index (χ4v) is 5.21. The second-order valence-electron chi connectivity index (χ2n) is 9.70. The van der Waals surface area contributed by atoms with E-state index in [4.69, 9.17) is 14.2 Å². The zero-order chi connectivity index (χ0) is 29.0. The van der Waals surface area contributed by atoms with Gasteiger partial charge in [0.25, 0.3) is 5.91 Å². The van der Waals surface area contributed by atoms with Crippen LogP contribution in [0.3, 0.4) is 0 Å². The number of hydrogen-bond donors (Lipinski definition) is 3. The van der Waals surface area contributed by atoms with Gasteiger partial charge in [-0.05, 0) is 62.9 Å². The van der Waals surface area contributed by atoms with E-state index in [-0.39, 0.29) is 40.7 Å². The monoisotopic (exact) mass is 535 g/mol. The van der Waals surface area contributed by atoms with Gasteiger partial charge in [0.2, 0.25) is 0 Å². The average Bonchev–Trinajstić information content (AvgIpc) is 3.18. The lowest BCUT2D eigenvalue weighted by Crippen LogP contribution is -2.38. The van der Waals surface area contributed by atoms with Crippen molar-refractivity contribution in [2.75, 3.05) is 14.2 Å². The molecule has 1 aliphatic heterocycles. The van der Waals surface area contributed by atoms with Gasteiger partial charge in [0.05, 0.1) is 25.3 Å². The smallest absolute Gasteiger partial charge is 0.338 e. The van der Waals surface area contributed by atoms with E-state index in [9.17, 15) is 29.4 Å². The predicted molar refractivity (Wildman–Crippen MR) is 139 cm³/mol. The summed E-state index contributed by atoms with van der Waals surface area (Å²) >= 11 is 0. The molecule has 10 heteroatoms. The Balaban J connectivity index is 1.77. The van der Waals surface area contributed by atoms with Crippen LogP contribution in [0.4, 0.5) is 0 Å². The first kappa shape index (κ1) is 27.4. The SMILES string of the molecule is COC(=O)c1cc(C)c(CNC(=O)c2c(OC)cc(O)c3c2OC2=CC(O)=C(C(C)=O)C(=O)[C@]23C)c(C)c1C. The van der Waals surface area contributed by atoms with E-state index in [1.54, 1.807) is 13.0 Å². The van der Waals surface area contributed by atoms with Crippen molar-refractivity contribution in [2.24, 2.45) is 0 Å². The molecule has 0 radical (unpaired) electrons. The Labute approximate surface area is 224 Å². The molecule has 1 aliphatic carbocycles. The standard InChI is InChI=1S/C29H29NO9/c1-12-8-16(28(36)38-7)13(2)14(3)17(12)11-30-27(35)23-20(37-6)9-19(33)24-25(23)39-21-10-18(32)22(15(4)31)26(34)29(21,24)5/h8-10,32-33H,11H2,1-7H3,(H,30,35)/t29-/m1/s1. The van der Waals surface area contributed by atoms with Gasteiger partial charge in [-0.3, -0.25) is 14.4 Å². The van der Waals surface area contributed by atoms with Crippen LogP contribution >= 0.6 is 0 Å². The predicted octanol–water partition coefficient (Wildman–Crippen LogP) is 3.56. The lowest BCUT2D eigenvalue weighted by molar-refractivity contribution is -0.123. The third-order valence-electron chi connectivity index (χ3n) is 7.52. The highest BCUT2D eigenvalue weighted by molar-refractivity contribution is 6.25. The molecule has 2 aromatic carbocycles. The fourth-order valence-electron chi connectivity index (χ4n) is 5.21. The molecular formula is C29H29NO9. The summed E-state index contributed by atoms with van der Waals surface area (Å²) in [6, 6.07) is 2.91. The molecule has 2 aliphatic rings. The number of ketones is 2. The number of aliphatic hydroxyl groups excluding tert-OH is 1. The summed E-state index contributed by atoms with van der Waals surface area (Å²) < 4.78 is 16.1. The lowest BCUT2D eigenvalue weighted by atomic mass is 9.71. The Bertz CT molecular complexity index is 1550. The van der Waals surface area contributed by atoms with Gasteiger partial charge in [-0.15, -0.1) is 0 Å². The fraction of sp³-hybridized carbons (Fsp3) is 0.310. The number of aromatic hydroxyl groups is 1. The molecule has 1 amide bonds. The zero-order valence-corrected chi connectivity index (χ0v) is 22.7. The lowest BCUT2D eigenvalue weighted by Gasteiger charge is -2.27. The van der Waals surface area contributed by atoms with Crippen molar-refractivity contribution in [3.8, 4) is 17.2 Å². The normalized spacial score (nSPS) is 17.6. The Hall–Kier alpha value is -4.60. The van der Waals surface area contributed by atoms with Crippen LogP contribution in [0.1, 0.15) is 62.4 Å². The zero-order valence-electron chi connectivity index (χ0n) is 22.7. The van der Waals surface area contributed by atoms with E-state index in [1.165, 1.54) is 27.2 Å². The summed E-state index contributed by atoms with van der Waals surface area (Å²) in [6.45, 7) is 8.15. The van der Waals surface area contributed by atoms with E-state index in [0.717, 1.165) is 35.3 Å². The molecule has 0 saturated heterocycles. The third kappa shape index (κ3) is 4.03. The van der Waals surface area contributed by atoms with Gasteiger partial charge in [-0.25, -0.2) is 4.79 Å². The number of hydrogen-bond acceptors (Lipinski definition) is 9. The molecular weight excluding hydrogens is 506 g/mol. The second-order valence-corrected chi connectivity index (χ2v) is 9.70. The molecule has 1 atom stereocenters. The van der Waals surface area contributed by atoms with Crippen LogP contribution in [0.25, 0.3) is 0 Å². The number of nitrogens with one attached hydrogen (secondary N) is 1. The van der Waals surface area contributed by atoms with Gasteiger partial charge >= 0.3 is 5.97 Å². The number of rotatable bonds is 6. The Morgan fingerprint density at radius 1 is 1.08 bits per heavy atom. The van der Waals surface area contributed by atoms with E-state index >= 15 is 0 Å². The van der Waals surface area contributed by atoms with Crippen molar-refractivity contribution < 1.29 is 43.6 Å². The Morgan fingerprint density at radius 2 is 1.74 bits per heavy atom. The number of allylic oxidation sites excluding steroid dienone is 3. The highest BCUT2D eigenvalue weighted by Crippen LogP contribution is 2.56. The highest BCUT2D eigenvalue weighted by atomic mass is 16.5. The molecule has 4 rings (SSSR count). The minimum Gasteiger partial charge on any atom is -0.507 e. The van der Waals surface area contributed by atoms with Gasteiger partial charge in [0, 0.05) is 18.7 Å². The number of esters is 1. The van der Waals surface area contributed by atoms with Crippen molar-refractivity contribution in [1.29, 1.82) is 0 Å². The number of phenols is 1. The van der Waals surface area contributed by atoms with Crippen molar-refractivity contribution in [1.82, 2.24) is 5.32 Å². The van der Waals surface area contributed by atoms with Crippen molar-refractivity contribution in [2.45, 2.75) is 46.6 Å². The Morgan fingerprint density at radius 3 is 2.33 bits per heavy atom. The molecule has 0 aromatic heterocycles. The number of ether oxygens (including phenoxy) is 3.